The zero-order valence-corrected chi connectivity index (χ0v) is 15.5. The molecule has 1 aromatic rings. The van der Waals surface area contributed by atoms with Gasteiger partial charge in [-0.15, -0.1) is 0 Å². The molecule has 2 rings (SSSR count). The predicted molar refractivity (Wildman–Crippen MR) is 100 cm³/mol. The largest absolute Gasteiger partial charge is 0.338 e. The summed E-state index contributed by atoms with van der Waals surface area (Å²) in [4.78, 5) is 11.9. The van der Waals surface area contributed by atoms with Gasteiger partial charge >= 0.3 is 6.03 Å². The number of amides is 2. The van der Waals surface area contributed by atoms with Crippen LogP contribution in [0, 0.1) is 5.82 Å². The Bertz CT molecular complexity index is 541. The summed E-state index contributed by atoms with van der Waals surface area (Å²) in [6.45, 7) is 5.83. The summed E-state index contributed by atoms with van der Waals surface area (Å²) in [6, 6.07) is 7.18. The molecule has 25 heavy (non-hydrogen) atoms. The predicted octanol–water partition coefficient (Wildman–Crippen LogP) is 3.71. The standard InChI is InChI=1S/C20H32FN3O/c1-20(2,17-11-6-7-12-18(17)21)15-24-19(25)23-14-8-13-22-16-9-4-3-5-10-16/h6-7,11-12,16,22H,3-5,8-10,13-15H2,1-2H3,(H2,23,24,25). The minimum atomic E-state index is -0.453. The number of hydrogen-bond acceptors (Lipinski definition) is 2. The molecule has 0 unspecified atom stereocenters. The van der Waals surface area contributed by atoms with Gasteiger partial charge in [0.05, 0.1) is 0 Å². The van der Waals surface area contributed by atoms with Crippen molar-refractivity contribution in [3.63, 3.8) is 0 Å². The first-order chi connectivity index (χ1) is 12.0. The van der Waals surface area contributed by atoms with Crippen LogP contribution in [0.4, 0.5) is 9.18 Å². The fraction of sp³-hybridized carbons (Fsp3) is 0.650. The van der Waals surface area contributed by atoms with Gasteiger partial charge in [-0.1, -0.05) is 51.3 Å². The molecule has 0 spiro atoms. The maximum Gasteiger partial charge on any atom is 0.314 e. The first-order valence-corrected chi connectivity index (χ1v) is 9.49. The fourth-order valence-corrected chi connectivity index (χ4v) is 3.37. The molecule has 1 saturated carbocycles. The highest BCUT2D eigenvalue weighted by atomic mass is 19.1. The van der Waals surface area contributed by atoms with Gasteiger partial charge in [0.2, 0.25) is 0 Å². The van der Waals surface area contributed by atoms with E-state index in [0.29, 0.717) is 24.7 Å². The molecule has 1 fully saturated rings. The van der Waals surface area contributed by atoms with Crippen LogP contribution < -0.4 is 16.0 Å². The molecule has 0 aliphatic heterocycles. The summed E-state index contributed by atoms with van der Waals surface area (Å²) in [5, 5.41) is 9.29. The van der Waals surface area contributed by atoms with Gasteiger partial charge in [0.1, 0.15) is 5.82 Å². The van der Waals surface area contributed by atoms with Crippen molar-refractivity contribution in [2.75, 3.05) is 19.6 Å². The molecular weight excluding hydrogens is 317 g/mol. The third kappa shape index (κ3) is 6.65. The van der Waals surface area contributed by atoms with Gasteiger partial charge in [0.25, 0.3) is 0 Å². The highest BCUT2D eigenvalue weighted by Crippen LogP contribution is 2.24. The molecule has 0 aromatic heterocycles. The Morgan fingerprint density at radius 3 is 2.56 bits per heavy atom. The van der Waals surface area contributed by atoms with E-state index in [1.165, 1.54) is 38.2 Å². The summed E-state index contributed by atoms with van der Waals surface area (Å²) in [5.74, 6) is -0.233. The smallest absolute Gasteiger partial charge is 0.314 e. The Labute approximate surface area is 151 Å². The lowest BCUT2D eigenvalue weighted by atomic mass is 9.84. The van der Waals surface area contributed by atoms with Crippen LogP contribution >= 0.6 is 0 Å². The maximum absolute atomic E-state index is 13.9. The van der Waals surface area contributed by atoms with Crippen molar-refractivity contribution >= 4 is 6.03 Å². The van der Waals surface area contributed by atoms with E-state index in [0.717, 1.165) is 13.0 Å². The van der Waals surface area contributed by atoms with Crippen molar-refractivity contribution in [2.45, 2.75) is 63.8 Å². The van der Waals surface area contributed by atoms with Crippen molar-refractivity contribution in [3.8, 4) is 0 Å². The molecule has 1 aliphatic carbocycles. The number of carbonyl (C=O) groups is 1. The maximum atomic E-state index is 13.9. The van der Waals surface area contributed by atoms with Crippen LogP contribution in [0.3, 0.4) is 0 Å². The second-order valence-corrected chi connectivity index (χ2v) is 7.62. The van der Waals surface area contributed by atoms with Gasteiger partial charge in [-0.25, -0.2) is 9.18 Å². The first kappa shape index (κ1) is 19.7. The lowest BCUT2D eigenvalue weighted by Crippen LogP contribution is -2.43. The zero-order valence-electron chi connectivity index (χ0n) is 15.5. The Hall–Kier alpha value is -1.62. The Kier molecular flexibility index (Phi) is 7.69. The molecule has 1 aliphatic rings. The lowest BCUT2D eigenvalue weighted by Gasteiger charge is -2.26. The van der Waals surface area contributed by atoms with Crippen LogP contribution in [-0.4, -0.2) is 31.7 Å². The quantitative estimate of drug-likeness (QED) is 0.627. The van der Waals surface area contributed by atoms with E-state index in [2.05, 4.69) is 16.0 Å². The molecular formula is C20H32FN3O. The monoisotopic (exact) mass is 349 g/mol. The van der Waals surface area contributed by atoms with Gasteiger partial charge in [0.15, 0.2) is 0 Å². The third-order valence-electron chi connectivity index (χ3n) is 4.97. The second-order valence-electron chi connectivity index (χ2n) is 7.62. The van der Waals surface area contributed by atoms with E-state index in [1.807, 2.05) is 19.9 Å². The van der Waals surface area contributed by atoms with Crippen LogP contribution in [0.2, 0.25) is 0 Å². The number of halogens is 1. The molecule has 5 heteroatoms. The number of hydrogen-bond donors (Lipinski definition) is 3. The van der Waals surface area contributed by atoms with Crippen molar-refractivity contribution in [2.24, 2.45) is 0 Å². The molecule has 2 amide bonds. The molecule has 0 atom stereocenters. The van der Waals surface area contributed by atoms with E-state index in [1.54, 1.807) is 12.1 Å². The highest BCUT2D eigenvalue weighted by molar-refractivity contribution is 5.73. The summed E-state index contributed by atoms with van der Waals surface area (Å²) in [5.41, 5.74) is 0.164. The average Bonchev–Trinajstić information content (AvgIpc) is 2.61. The molecule has 1 aromatic carbocycles. The normalized spacial score (nSPS) is 15.8. The minimum Gasteiger partial charge on any atom is -0.338 e. The number of nitrogens with one attached hydrogen (secondary N) is 3. The fourth-order valence-electron chi connectivity index (χ4n) is 3.37. The van der Waals surface area contributed by atoms with Crippen LogP contribution in [0.15, 0.2) is 24.3 Å². The zero-order chi connectivity index (χ0) is 18.1. The SMILES string of the molecule is CC(C)(CNC(=O)NCCCNC1CCCCC1)c1ccccc1F. The molecule has 0 saturated heterocycles. The summed E-state index contributed by atoms with van der Waals surface area (Å²) in [6.07, 6.45) is 7.49. The lowest BCUT2D eigenvalue weighted by molar-refractivity contribution is 0.238. The van der Waals surface area contributed by atoms with Gasteiger partial charge < -0.3 is 16.0 Å². The van der Waals surface area contributed by atoms with Crippen LogP contribution in [-0.2, 0) is 5.41 Å². The van der Waals surface area contributed by atoms with E-state index in [4.69, 9.17) is 0 Å². The van der Waals surface area contributed by atoms with Gasteiger partial charge in [0, 0.05) is 24.5 Å². The number of urea groups is 1. The van der Waals surface area contributed by atoms with Crippen molar-refractivity contribution in [3.05, 3.63) is 35.6 Å². The number of carbonyl (C=O) groups excluding carboxylic acids is 1. The van der Waals surface area contributed by atoms with Crippen LogP contribution in [0.25, 0.3) is 0 Å². The minimum absolute atomic E-state index is 0.193. The number of benzene rings is 1. The van der Waals surface area contributed by atoms with E-state index >= 15 is 0 Å². The molecule has 0 radical (unpaired) electrons. The Morgan fingerprint density at radius 1 is 1.12 bits per heavy atom. The molecule has 0 heterocycles. The Balaban J connectivity index is 1.61. The Morgan fingerprint density at radius 2 is 1.84 bits per heavy atom. The average molecular weight is 349 g/mol. The van der Waals surface area contributed by atoms with E-state index in [9.17, 15) is 9.18 Å². The van der Waals surface area contributed by atoms with Crippen molar-refractivity contribution < 1.29 is 9.18 Å². The number of rotatable bonds is 8. The third-order valence-corrected chi connectivity index (χ3v) is 4.97. The van der Waals surface area contributed by atoms with E-state index in [-0.39, 0.29) is 11.8 Å². The first-order valence-electron chi connectivity index (χ1n) is 9.49. The molecule has 4 nitrogen and oxygen atoms in total. The van der Waals surface area contributed by atoms with Gasteiger partial charge in [-0.3, -0.25) is 0 Å². The van der Waals surface area contributed by atoms with Crippen molar-refractivity contribution in [1.29, 1.82) is 0 Å². The molecule has 0 bridgehead atoms. The van der Waals surface area contributed by atoms with Crippen molar-refractivity contribution in [1.82, 2.24) is 16.0 Å². The molecule has 140 valence electrons. The van der Waals surface area contributed by atoms with Gasteiger partial charge in [-0.05, 0) is 37.4 Å². The van der Waals surface area contributed by atoms with Crippen LogP contribution in [0.5, 0.6) is 0 Å². The topological polar surface area (TPSA) is 53.2 Å². The summed E-state index contributed by atoms with van der Waals surface area (Å²) < 4.78 is 13.9. The van der Waals surface area contributed by atoms with E-state index < -0.39 is 5.41 Å². The summed E-state index contributed by atoms with van der Waals surface area (Å²) >= 11 is 0. The summed E-state index contributed by atoms with van der Waals surface area (Å²) in [7, 11) is 0. The highest BCUT2D eigenvalue weighted by Gasteiger charge is 2.24. The van der Waals surface area contributed by atoms with Gasteiger partial charge in [-0.2, -0.15) is 0 Å². The van der Waals surface area contributed by atoms with Crippen LogP contribution in [0.1, 0.15) is 57.9 Å². The molecule has 3 N–H and O–H groups in total. The second kappa shape index (κ2) is 9.76.